The van der Waals surface area contributed by atoms with Gasteiger partial charge in [0.25, 0.3) is 0 Å². The number of unbranched alkanes of at least 4 members (excludes halogenated alkanes) is 3. The molecule has 0 amide bonds. The van der Waals surface area contributed by atoms with Crippen molar-refractivity contribution >= 4 is 0 Å². The van der Waals surface area contributed by atoms with Gasteiger partial charge in [0.05, 0.1) is 6.61 Å². The van der Waals surface area contributed by atoms with Crippen LogP contribution in [0, 0.1) is 0 Å². The van der Waals surface area contributed by atoms with E-state index >= 15 is 0 Å². The highest BCUT2D eigenvalue weighted by Gasteiger charge is 2.02. The van der Waals surface area contributed by atoms with E-state index in [1.54, 1.807) is 7.11 Å². The van der Waals surface area contributed by atoms with Gasteiger partial charge in [0.1, 0.15) is 6.17 Å². The molecular weight excluding hydrogens is 159 g/mol. The number of halogens is 1. The van der Waals surface area contributed by atoms with Crippen LogP contribution in [0.15, 0.2) is 0 Å². The predicted octanol–water partition coefficient (Wildman–Crippen LogP) is 1.91. The maximum absolute atomic E-state index is 12.4. The minimum atomic E-state index is -1.02. The number of methoxy groups -OCH3 is 1. The van der Waals surface area contributed by atoms with Crippen LogP contribution in [0.1, 0.15) is 32.1 Å². The summed E-state index contributed by atoms with van der Waals surface area (Å²) >= 11 is 0. The van der Waals surface area contributed by atoms with Crippen LogP contribution in [0.3, 0.4) is 0 Å². The third kappa shape index (κ3) is 7.95. The van der Waals surface area contributed by atoms with Crippen LogP contribution < -0.4 is 0 Å². The molecule has 12 heavy (non-hydrogen) atoms. The molecule has 0 heterocycles. The Morgan fingerprint density at radius 2 is 1.92 bits per heavy atom. The lowest BCUT2D eigenvalue weighted by Gasteiger charge is -2.03. The van der Waals surface area contributed by atoms with Gasteiger partial charge in [-0.2, -0.15) is 0 Å². The molecule has 0 radical (unpaired) electrons. The molecule has 1 N–H and O–H groups in total. The molecule has 74 valence electrons. The molecule has 0 aliphatic rings. The van der Waals surface area contributed by atoms with Gasteiger partial charge < -0.3 is 9.84 Å². The molecule has 3 heteroatoms. The highest BCUT2D eigenvalue weighted by Crippen LogP contribution is 2.07. The number of ether oxygens (including phenoxy) is 1. The Bertz CT molecular complexity index is 88.6. The van der Waals surface area contributed by atoms with Crippen molar-refractivity contribution in [2.75, 3.05) is 20.3 Å². The van der Waals surface area contributed by atoms with E-state index in [1.165, 1.54) is 0 Å². The molecule has 0 aliphatic carbocycles. The van der Waals surface area contributed by atoms with Crippen LogP contribution in [0.2, 0.25) is 0 Å². The van der Waals surface area contributed by atoms with Crippen molar-refractivity contribution < 1.29 is 14.2 Å². The Morgan fingerprint density at radius 3 is 2.50 bits per heavy atom. The van der Waals surface area contributed by atoms with Gasteiger partial charge in [0.15, 0.2) is 0 Å². The summed E-state index contributed by atoms with van der Waals surface area (Å²) in [5, 5.41) is 8.38. The minimum absolute atomic E-state index is 0.335. The Labute approximate surface area is 73.7 Å². The van der Waals surface area contributed by atoms with Crippen LogP contribution in [0.4, 0.5) is 4.39 Å². The Morgan fingerprint density at radius 1 is 1.25 bits per heavy atom. The largest absolute Gasteiger partial charge is 0.393 e. The quantitative estimate of drug-likeness (QED) is 0.575. The summed E-state index contributed by atoms with van der Waals surface area (Å²) in [6, 6.07) is 0. The number of aliphatic hydroxyl groups excluding tert-OH is 1. The summed E-state index contributed by atoms with van der Waals surface area (Å²) in [6.07, 6.45) is 3.50. The summed E-state index contributed by atoms with van der Waals surface area (Å²) in [7, 11) is 1.68. The fraction of sp³-hybridized carbons (Fsp3) is 1.00. The average molecular weight is 178 g/mol. The van der Waals surface area contributed by atoms with Gasteiger partial charge in [-0.3, -0.25) is 0 Å². The molecular formula is C9H19FO2. The molecule has 0 aromatic rings. The number of alkyl halides is 1. The molecule has 0 saturated carbocycles. The van der Waals surface area contributed by atoms with Crippen molar-refractivity contribution in [3.63, 3.8) is 0 Å². The molecule has 1 unspecified atom stereocenters. The summed E-state index contributed by atoms with van der Waals surface area (Å²) < 4.78 is 17.3. The van der Waals surface area contributed by atoms with E-state index < -0.39 is 6.17 Å². The van der Waals surface area contributed by atoms with Crippen LogP contribution in [-0.2, 0) is 4.74 Å². The van der Waals surface area contributed by atoms with Crippen molar-refractivity contribution in [3.05, 3.63) is 0 Å². The first-order valence-corrected chi connectivity index (χ1v) is 4.55. The number of aliphatic hydroxyl groups is 1. The van der Waals surface area contributed by atoms with Crippen molar-refractivity contribution in [2.45, 2.75) is 38.3 Å². The number of rotatable bonds is 8. The monoisotopic (exact) mass is 178 g/mol. The highest BCUT2D eigenvalue weighted by molar-refractivity contribution is 4.53. The van der Waals surface area contributed by atoms with E-state index in [-0.39, 0.29) is 6.61 Å². The van der Waals surface area contributed by atoms with Gasteiger partial charge >= 0.3 is 0 Å². The zero-order chi connectivity index (χ0) is 9.23. The Kier molecular flexibility index (Phi) is 8.83. The Hall–Kier alpha value is -0.150. The molecule has 0 rings (SSSR count). The summed E-state index contributed by atoms with van der Waals surface area (Å²) in [5.74, 6) is 0. The second-order valence-corrected chi connectivity index (χ2v) is 2.98. The first kappa shape index (κ1) is 11.8. The van der Waals surface area contributed by atoms with Gasteiger partial charge in [-0.15, -0.1) is 0 Å². The van der Waals surface area contributed by atoms with Crippen LogP contribution in [-0.4, -0.2) is 31.6 Å². The molecule has 0 bridgehead atoms. The minimum Gasteiger partial charge on any atom is -0.393 e. The van der Waals surface area contributed by atoms with Crippen molar-refractivity contribution in [2.24, 2.45) is 0 Å². The van der Waals surface area contributed by atoms with E-state index in [4.69, 9.17) is 9.84 Å². The van der Waals surface area contributed by atoms with Gasteiger partial charge in [0.2, 0.25) is 0 Å². The van der Waals surface area contributed by atoms with Crippen LogP contribution >= 0.6 is 0 Å². The van der Waals surface area contributed by atoms with E-state index in [9.17, 15) is 4.39 Å². The SMILES string of the molecule is COCCCCCCC(F)CO. The molecule has 0 saturated heterocycles. The van der Waals surface area contributed by atoms with Crippen molar-refractivity contribution in [1.29, 1.82) is 0 Å². The lowest BCUT2D eigenvalue weighted by Crippen LogP contribution is -2.05. The third-order valence-corrected chi connectivity index (χ3v) is 1.81. The molecule has 0 aliphatic heterocycles. The maximum atomic E-state index is 12.4. The summed E-state index contributed by atoms with van der Waals surface area (Å²) in [4.78, 5) is 0. The molecule has 0 aromatic heterocycles. The van der Waals surface area contributed by atoms with E-state index in [0.29, 0.717) is 6.42 Å². The van der Waals surface area contributed by atoms with Gasteiger partial charge in [-0.25, -0.2) is 4.39 Å². The van der Waals surface area contributed by atoms with Gasteiger partial charge in [0, 0.05) is 13.7 Å². The standard InChI is InChI=1S/C9H19FO2/c1-12-7-5-3-2-4-6-9(10)8-11/h9,11H,2-8H2,1H3. The lowest BCUT2D eigenvalue weighted by atomic mass is 10.1. The first-order valence-electron chi connectivity index (χ1n) is 4.55. The normalized spacial score (nSPS) is 13.2. The molecule has 0 aromatic carbocycles. The summed E-state index contributed by atoms with van der Waals surface area (Å²) in [6.45, 7) is 0.455. The smallest absolute Gasteiger partial charge is 0.123 e. The lowest BCUT2D eigenvalue weighted by molar-refractivity contribution is 0.165. The topological polar surface area (TPSA) is 29.5 Å². The van der Waals surface area contributed by atoms with E-state index in [0.717, 1.165) is 32.3 Å². The second kappa shape index (κ2) is 8.94. The van der Waals surface area contributed by atoms with Crippen molar-refractivity contribution in [1.82, 2.24) is 0 Å². The molecule has 0 fully saturated rings. The zero-order valence-corrected chi connectivity index (χ0v) is 7.76. The van der Waals surface area contributed by atoms with Gasteiger partial charge in [-0.05, 0) is 12.8 Å². The second-order valence-electron chi connectivity index (χ2n) is 2.98. The van der Waals surface area contributed by atoms with Crippen molar-refractivity contribution in [3.8, 4) is 0 Å². The third-order valence-electron chi connectivity index (χ3n) is 1.81. The average Bonchev–Trinajstić information content (AvgIpc) is 2.10. The molecule has 1 atom stereocenters. The van der Waals surface area contributed by atoms with E-state index in [1.807, 2.05) is 0 Å². The predicted molar refractivity (Wildman–Crippen MR) is 46.9 cm³/mol. The maximum Gasteiger partial charge on any atom is 0.123 e. The highest BCUT2D eigenvalue weighted by atomic mass is 19.1. The van der Waals surface area contributed by atoms with Crippen LogP contribution in [0.5, 0.6) is 0 Å². The molecule has 2 nitrogen and oxygen atoms in total. The molecule has 0 spiro atoms. The number of hydrogen-bond donors (Lipinski definition) is 1. The van der Waals surface area contributed by atoms with Crippen LogP contribution in [0.25, 0.3) is 0 Å². The fourth-order valence-electron chi connectivity index (χ4n) is 1.06. The first-order chi connectivity index (χ1) is 5.81. The summed E-state index contributed by atoms with van der Waals surface area (Å²) in [5.41, 5.74) is 0. The fourth-order valence-corrected chi connectivity index (χ4v) is 1.06. The number of hydrogen-bond acceptors (Lipinski definition) is 2. The van der Waals surface area contributed by atoms with E-state index in [2.05, 4.69) is 0 Å². The van der Waals surface area contributed by atoms with Gasteiger partial charge in [-0.1, -0.05) is 19.3 Å². The Balaban J connectivity index is 2.90. The zero-order valence-electron chi connectivity index (χ0n) is 7.76.